The molecule has 1 aliphatic carbocycles. The Bertz CT molecular complexity index is 889. The highest BCUT2D eigenvalue weighted by Crippen LogP contribution is 2.29. The Labute approximate surface area is 226 Å². The largest absolute Gasteiger partial charge is 0.499 e. The highest BCUT2D eigenvalue weighted by Gasteiger charge is 2.38. The van der Waals surface area contributed by atoms with Gasteiger partial charge in [-0.2, -0.15) is 5.26 Å². The molecule has 11 heteroatoms. The number of rotatable bonds is 8. The van der Waals surface area contributed by atoms with Crippen molar-refractivity contribution < 1.29 is 23.8 Å². The molecule has 2 unspecified atom stereocenters. The van der Waals surface area contributed by atoms with Gasteiger partial charge in [0.05, 0.1) is 32.9 Å². The molecule has 2 aliphatic heterocycles. The summed E-state index contributed by atoms with van der Waals surface area (Å²) in [5.41, 5.74) is -0.918. The van der Waals surface area contributed by atoms with Crippen LogP contribution in [0.4, 0.5) is 4.79 Å². The quantitative estimate of drug-likeness (QED) is 0.277. The van der Waals surface area contributed by atoms with E-state index in [1.54, 1.807) is 6.92 Å². The Morgan fingerprint density at radius 2 is 1.95 bits per heavy atom. The van der Waals surface area contributed by atoms with E-state index in [0.29, 0.717) is 50.6 Å². The van der Waals surface area contributed by atoms with Crippen molar-refractivity contribution in [1.29, 1.82) is 5.26 Å². The number of aliphatic imine (C=N–C) groups is 1. The molecule has 0 aromatic heterocycles. The van der Waals surface area contributed by atoms with Crippen molar-refractivity contribution in [3.05, 3.63) is 12.3 Å². The smallest absolute Gasteiger partial charge is 0.413 e. The van der Waals surface area contributed by atoms with Crippen LogP contribution in [-0.4, -0.2) is 99.0 Å². The summed E-state index contributed by atoms with van der Waals surface area (Å²) in [5.74, 6) is 0.801. The Kier molecular flexibility index (Phi) is 11.2. The highest BCUT2D eigenvalue weighted by molar-refractivity contribution is 5.96. The Hall–Kier alpha value is -2.84. The molecule has 0 aromatic rings. The average Bonchev–Trinajstić information content (AvgIpc) is 2.94. The van der Waals surface area contributed by atoms with Crippen molar-refractivity contribution in [2.45, 2.75) is 76.0 Å². The van der Waals surface area contributed by atoms with E-state index in [1.165, 1.54) is 13.5 Å². The zero-order valence-electron chi connectivity index (χ0n) is 23.2. The maximum absolute atomic E-state index is 13.8. The third-order valence-corrected chi connectivity index (χ3v) is 7.76. The van der Waals surface area contributed by atoms with Gasteiger partial charge in [0.1, 0.15) is 23.4 Å². The normalized spacial score (nSPS) is 23.6. The lowest BCUT2D eigenvalue weighted by Crippen LogP contribution is -2.57. The number of nitrogens with one attached hydrogen (secondary N) is 2. The number of guanidine groups is 1. The van der Waals surface area contributed by atoms with Gasteiger partial charge in [-0.25, -0.2) is 9.79 Å². The maximum Gasteiger partial charge on any atom is 0.413 e. The van der Waals surface area contributed by atoms with Crippen LogP contribution in [0.25, 0.3) is 0 Å². The summed E-state index contributed by atoms with van der Waals surface area (Å²) in [6.45, 7) is 8.50. The van der Waals surface area contributed by atoms with Crippen LogP contribution in [0.5, 0.6) is 0 Å². The van der Waals surface area contributed by atoms with Crippen LogP contribution in [-0.2, 0) is 19.0 Å². The van der Waals surface area contributed by atoms with Gasteiger partial charge in [0, 0.05) is 19.6 Å². The summed E-state index contributed by atoms with van der Waals surface area (Å²) in [4.78, 5) is 35.1. The number of nitriles is 1. The molecule has 0 spiro atoms. The number of morpholine rings is 1. The number of ether oxygens (including phenoxy) is 3. The van der Waals surface area contributed by atoms with Crippen molar-refractivity contribution in [3.8, 4) is 6.07 Å². The van der Waals surface area contributed by atoms with Crippen molar-refractivity contribution in [1.82, 2.24) is 20.4 Å². The van der Waals surface area contributed by atoms with E-state index in [1.807, 2.05) is 11.9 Å². The van der Waals surface area contributed by atoms with Crippen LogP contribution in [0.2, 0.25) is 0 Å². The van der Waals surface area contributed by atoms with Gasteiger partial charge in [-0.15, -0.1) is 0 Å². The first kappa shape index (κ1) is 29.7. The summed E-state index contributed by atoms with van der Waals surface area (Å²) >= 11 is 0. The molecule has 3 fully saturated rings. The van der Waals surface area contributed by atoms with Crippen LogP contribution in [0.3, 0.4) is 0 Å². The Morgan fingerprint density at radius 3 is 2.58 bits per heavy atom. The molecule has 2 saturated heterocycles. The number of alkyl carbamates (subject to hydrolysis) is 1. The fraction of sp³-hybridized carbons (Fsp3) is 0.778. The van der Waals surface area contributed by atoms with Crippen LogP contribution in [0.15, 0.2) is 17.3 Å². The summed E-state index contributed by atoms with van der Waals surface area (Å²) in [7, 11) is 3.55. The number of piperidine rings is 1. The predicted molar refractivity (Wildman–Crippen MR) is 143 cm³/mol. The molecule has 11 nitrogen and oxygen atoms in total. The van der Waals surface area contributed by atoms with Gasteiger partial charge in [-0.3, -0.25) is 10.1 Å². The maximum atomic E-state index is 13.8. The first-order valence-corrected chi connectivity index (χ1v) is 13.8. The number of nitrogens with zero attached hydrogens (tertiary/aromatic N) is 4. The van der Waals surface area contributed by atoms with Crippen molar-refractivity contribution in [2.75, 3.05) is 53.6 Å². The topological polar surface area (TPSA) is 129 Å². The molecule has 38 heavy (non-hydrogen) atoms. The standard InChI is InChI=1S/C27H44N6O5/c1-5-37-26(35)30-25(33-15-16-38-23(18-33)20(2)36-4)29-22(17-21-9-7-6-8-10-21)24(34)31-27(19-28)11-13-32(3)14-12-27/h21-23H,2,5-18H2,1,3-4H3,(H,31,34)(H,29,30,35). The van der Waals surface area contributed by atoms with Crippen molar-refractivity contribution >= 4 is 18.0 Å². The molecule has 1 saturated carbocycles. The molecule has 0 aromatic carbocycles. The van der Waals surface area contributed by atoms with Gasteiger partial charge in [-0.1, -0.05) is 38.7 Å². The Morgan fingerprint density at radius 1 is 1.24 bits per heavy atom. The second kappa shape index (κ2) is 14.4. The molecular weight excluding hydrogens is 488 g/mol. The van der Waals surface area contributed by atoms with Crippen LogP contribution in [0, 0.1) is 17.2 Å². The fourth-order valence-electron chi connectivity index (χ4n) is 5.31. The first-order chi connectivity index (χ1) is 18.3. The van der Waals surface area contributed by atoms with Crippen LogP contribution < -0.4 is 10.6 Å². The van der Waals surface area contributed by atoms with E-state index in [2.05, 4.69) is 28.2 Å². The zero-order chi connectivity index (χ0) is 27.5. The number of hydrogen-bond donors (Lipinski definition) is 2. The minimum atomic E-state index is -0.918. The molecule has 2 heterocycles. The molecule has 2 amide bonds. The molecule has 3 aliphatic rings. The van der Waals surface area contributed by atoms with Crippen LogP contribution >= 0.6 is 0 Å². The van der Waals surface area contributed by atoms with Gasteiger partial charge in [0.25, 0.3) is 0 Å². The average molecular weight is 533 g/mol. The van der Waals surface area contributed by atoms with Crippen LogP contribution in [0.1, 0.15) is 58.3 Å². The van der Waals surface area contributed by atoms with Gasteiger partial charge >= 0.3 is 6.09 Å². The summed E-state index contributed by atoms with van der Waals surface area (Å²) in [5, 5.41) is 15.8. The number of likely N-dealkylation sites (tertiary alicyclic amines) is 1. The third kappa shape index (κ3) is 8.33. The number of carbonyl (C=O) groups excluding carboxylic acids is 2. The lowest BCUT2D eigenvalue weighted by atomic mass is 9.84. The number of hydrogen-bond acceptors (Lipinski definition) is 8. The number of methoxy groups -OCH3 is 1. The molecule has 212 valence electrons. The SMILES string of the molecule is C=C(OC)C1CN(C(=NC(CC2CCCCC2)C(=O)NC2(C#N)CCN(C)CC2)NC(=O)OCC)CCO1. The van der Waals surface area contributed by atoms with E-state index in [0.717, 1.165) is 38.8 Å². The molecule has 2 N–H and O–H groups in total. The van der Waals surface area contributed by atoms with Gasteiger partial charge in [-0.05, 0) is 39.2 Å². The molecule has 0 radical (unpaired) electrons. The van der Waals surface area contributed by atoms with E-state index in [4.69, 9.17) is 19.2 Å². The summed E-state index contributed by atoms with van der Waals surface area (Å²) < 4.78 is 16.2. The predicted octanol–water partition coefficient (Wildman–Crippen LogP) is 2.39. The van der Waals surface area contributed by atoms with Gasteiger partial charge in [0.15, 0.2) is 0 Å². The first-order valence-electron chi connectivity index (χ1n) is 13.8. The minimum Gasteiger partial charge on any atom is -0.499 e. The lowest BCUT2D eigenvalue weighted by Gasteiger charge is -2.37. The Balaban J connectivity index is 1.89. The fourth-order valence-corrected chi connectivity index (χ4v) is 5.31. The van der Waals surface area contributed by atoms with E-state index >= 15 is 0 Å². The van der Waals surface area contributed by atoms with E-state index in [9.17, 15) is 14.9 Å². The lowest BCUT2D eigenvalue weighted by molar-refractivity contribution is -0.124. The number of amides is 2. The molecule has 2 atom stereocenters. The van der Waals surface area contributed by atoms with Crippen molar-refractivity contribution in [3.63, 3.8) is 0 Å². The highest BCUT2D eigenvalue weighted by atomic mass is 16.5. The number of carbonyl (C=O) groups is 2. The minimum absolute atomic E-state index is 0.205. The molecule has 0 bridgehead atoms. The van der Waals surface area contributed by atoms with E-state index < -0.39 is 23.8 Å². The van der Waals surface area contributed by atoms with Crippen molar-refractivity contribution in [2.24, 2.45) is 10.9 Å². The second-order valence-corrected chi connectivity index (χ2v) is 10.5. The third-order valence-electron chi connectivity index (χ3n) is 7.76. The second-order valence-electron chi connectivity index (χ2n) is 10.5. The summed E-state index contributed by atoms with van der Waals surface area (Å²) in [6.07, 6.45) is 6.19. The zero-order valence-corrected chi connectivity index (χ0v) is 23.2. The summed E-state index contributed by atoms with van der Waals surface area (Å²) in [6, 6.07) is 1.61. The molecule has 3 rings (SSSR count). The van der Waals surface area contributed by atoms with Gasteiger partial charge < -0.3 is 29.3 Å². The van der Waals surface area contributed by atoms with E-state index in [-0.39, 0.29) is 18.5 Å². The monoisotopic (exact) mass is 532 g/mol. The van der Waals surface area contributed by atoms with Gasteiger partial charge in [0.2, 0.25) is 11.9 Å². The molecular formula is C27H44N6O5.